The number of carbonyl (C=O) groups is 1. The molecule has 0 bridgehead atoms. The van der Waals surface area contributed by atoms with Crippen LogP contribution in [0.2, 0.25) is 0 Å². The summed E-state index contributed by atoms with van der Waals surface area (Å²) in [6.07, 6.45) is 8.67. The van der Waals surface area contributed by atoms with Crippen molar-refractivity contribution in [1.29, 1.82) is 0 Å². The molecule has 1 aliphatic rings. The Bertz CT molecular complexity index is 1100. The number of aryl methyl sites for hydroxylation is 1. The van der Waals surface area contributed by atoms with Gasteiger partial charge in [-0.15, -0.1) is 0 Å². The number of aromatic nitrogens is 4. The summed E-state index contributed by atoms with van der Waals surface area (Å²) >= 11 is 0. The first-order chi connectivity index (χ1) is 15.9. The fourth-order valence-corrected chi connectivity index (χ4v) is 4.39. The maximum absolute atomic E-state index is 11.6. The van der Waals surface area contributed by atoms with Gasteiger partial charge >= 0.3 is 0 Å². The van der Waals surface area contributed by atoms with Crippen molar-refractivity contribution < 1.29 is 9.53 Å². The number of rotatable bonds is 8. The highest BCUT2D eigenvalue weighted by Gasteiger charge is 2.27. The summed E-state index contributed by atoms with van der Waals surface area (Å²) < 4.78 is 7.97. The summed E-state index contributed by atoms with van der Waals surface area (Å²) in [7, 11) is 0. The van der Waals surface area contributed by atoms with E-state index in [2.05, 4.69) is 38.2 Å². The van der Waals surface area contributed by atoms with Gasteiger partial charge < -0.3 is 10.5 Å². The van der Waals surface area contributed by atoms with E-state index in [1.165, 1.54) is 5.56 Å². The number of ether oxygens (including phenoxy) is 1. The molecule has 3 aromatic rings. The molecule has 8 heteroatoms. The van der Waals surface area contributed by atoms with E-state index >= 15 is 0 Å². The van der Waals surface area contributed by atoms with E-state index < -0.39 is 5.91 Å². The van der Waals surface area contributed by atoms with E-state index in [9.17, 15) is 4.79 Å². The normalized spacial score (nSPS) is 16.8. The number of benzene rings is 1. The quantitative estimate of drug-likeness (QED) is 0.565. The topological polar surface area (TPSA) is 99.2 Å². The number of likely N-dealkylation sites (tertiary alicyclic amines) is 1. The van der Waals surface area contributed by atoms with Crippen LogP contribution in [-0.2, 0) is 13.1 Å². The van der Waals surface area contributed by atoms with Crippen LogP contribution in [0.4, 0.5) is 0 Å². The Hall–Kier alpha value is -3.26. The molecule has 2 N–H and O–H groups in total. The smallest absolute Gasteiger partial charge is 0.252 e. The van der Waals surface area contributed by atoms with Crippen LogP contribution in [0.3, 0.4) is 0 Å². The summed E-state index contributed by atoms with van der Waals surface area (Å²) in [5, 5.41) is 4.36. The van der Waals surface area contributed by atoms with Crippen LogP contribution in [-0.4, -0.2) is 43.2 Å². The van der Waals surface area contributed by atoms with Crippen LogP contribution >= 0.6 is 0 Å². The van der Waals surface area contributed by atoms with Crippen LogP contribution in [0.1, 0.15) is 72.2 Å². The molecular weight excluding hydrogens is 416 g/mol. The Balaban J connectivity index is 1.58. The zero-order chi connectivity index (χ0) is 23.4. The van der Waals surface area contributed by atoms with Gasteiger partial charge in [-0.1, -0.05) is 12.5 Å². The van der Waals surface area contributed by atoms with Gasteiger partial charge in [-0.3, -0.25) is 14.4 Å². The minimum absolute atomic E-state index is 0.0995. The lowest BCUT2D eigenvalue weighted by Crippen LogP contribution is -2.34. The van der Waals surface area contributed by atoms with E-state index in [0.717, 1.165) is 49.5 Å². The standard InChI is InChI=1S/C25H32N6O2/c1-17(2)33-23-9-8-19(13-20(23)16-31-12-6-10-28-31)15-30-11-5-4-7-22(30)25-27-14-21(24(26)32)18(3)29-25/h6,8-10,12-14,17,22H,4-5,7,11,15-16H2,1-3H3,(H2,26,32). The van der Waals surface area contributed by atoms with Gasteiger partial charge in [-0.05, 0) is 63.9 Å². The fourth-order valence-electron chi connectivity index (χ4n) is 4.39. The molecule has 8 nitrogen and oxygen atoms in total. The van der Waals surface area contributed by atoms with Crippen LogP contribution in [0.5, 0.6) is 5.75 Å². The van der Waals surface area contributed by atoms with Crippen LogP contribution < -0.4 is 10.5 Å². The van der Waals surface area contributed by atoms with Gasteiger partial charge in [-0.2, -0.15) is 5.10 Å². The maximum Gasteiger partial charge on any atom is 0.252 e. The third kappa shape index (κ3) is 5.57. The number of hydrogen-bond acceptors (Lipinski definition) is 6. The Kier molecular flexibility index (Phi) is 7.03. The zero-order valence-corrected chi connectivity index (χ0v) is 19.6. The van der Waals surface area contributed by atoms with Crippen molar-refractivity contribution in [2.45, 2.75) is 65.3 Å². The number of hydrogen-bond donors (Lipinski definition) is 1. The van der Waals surface area contributed by atoms with Crippen molar-refractivity contribution in [3.63, 3.8) is 0 Å². The third-order valence-electron chi connectivity index (χ3n) is 5.94. The Morgan fingerprint density at radius 2 is 2.12 bits per heavy atom. The van der Waals surface area contributed by atoms with E-state index in [1.807, 2.05) is 37.7 Å². The van der Waals surface area contributed by atoms with Crippen molar-refractivity contribution in [1.82, 2.24) is 24.6 Å². The molecule has 33 heavy (non-hydrogen) atoms. The van der Waals surface area contributed by atoms with E-state index in [-0.39, 0.29) is 12.1 Å². The number of primary amides is 1. The Morgan fingerprint density at radius 1 is 1.27 bits per heavy atom. The molecule has 1 unspecified atom stereocenters. The van der Waals surface area contributed by atoms with Crippen molar-refractivity contribution in [3.05, 3.63) is 71.1 Å². The zero-order valence-electron chi connectivity index (χ0n) is 19.6. The molecular formula is C25H32N6O2. The molecule has 0 aliphatic carbocycles. The monoisotopic (exact) mass is 448 g/mol. The molecule has 1 saturated heterocycles. The van der Waals surface area contributed by atoms with Crippen molar-refractivity contribution in [2.75, 3.05) is 6.54 Å². The molecule has 1 aromatic carbocycles. The first-order valence-electron chi connectivity index (χ1n) is 11.5. The third-order valence-corrected chi connectivity index (χ3v) is 5.94. The van der Waals surface area contributed by atoms with E-state index in [0.29, 0.717) is 17.8 Å². The van der Waals surface area contributed by atoms with Gasteiger partial charge in [0, 0.05) is 30.7 Å². The van der Waals surface area contributed by atoms with Crippen LogP contribution in [0.15, 0.2) is 42.9 Å². The minimum atomic E-state index is -0.493. The number of carbonyl (C=O) groups excluding carboxylic acids is 1. The molecule has 2 aromatic heterocycles. The van der Waals surface area contributed by atoms with Gasteiger partial charge in [-0.25, -0.2) is 9.97 Å². The number of piperidine rings is 1. The molecule has 174 valence electrons. The summed E-state index contributed by atoms with van der Waals surface area (Å²) in [6.45, 7) is 8.31. The van der Waals surface area contributed by atoms with E-state index in [1.54, 1.807) is 12.4 Å². The lowest BCUT2D eigenvalue weighted by molar-refractivity contribution is 0.0998. The predicted octanol–water partition coefficient (Wildman–Crippen LogP) is 3.64. The highest BCUT2D eigenvalue weighted by atomic mass is 16.5. The lowest BCUT2D eigenvalue weighted by Gasteiger charge is -2.35. The largest absolute Gasteiger partial charge is 0.491 e. The minimum Gasteiger partial charge on any atom is -0.491 e. The molecule has 0 spiro atoms. The van der Waals surface area contributed by atoms with Gasteiger partial charge in [0.15, 0.2) is 0 Å². The Labute approximate surface area is 194 Å². The molecule has 4 rings (SSSR count). The first kappa shape index (κ1) is 22.9. The summed E-state index contributed by atoms with van der Waals surface area (Å²) in [5.74, 6) is 1.15. The predicted molar refractivity (Wildman–Crippen MR) is 126 cm³/mol. The molecule has 1 fully saturated rings. The van der Waals surface area contributed by atoms with Crippen molar-refractivity contribution in [3.8, 4) is 5.75 Å². The average molecular weight is 449 g/mol. The second-order valence-corrected chi connectivity index (χ2v) is 8.89. The van der Waals surface area contributed by atoms with Crippen LogP contribution in [0.25, 0.3) is 0 Å². The number of nitrogens with zero attached hydrogens (tertiary/aromatic N) is 5. The second-order valence-electron chi connectivity index (χ2n) is 8.89. The van der Waals surface area contributed by atoms with Crippen LogP contribution in [0, 0.1) is 6.92 Å². The van der Waals surface area contributed by atoms with Gasteiger partial charge in [0.05, 0.1) is 29.9 Å². The average Bonchev–Trinajstić information content (AvgIpc) is 3.28. The summed E-state index contributed by atoms with van der Waals surface area (Å²) in [6, 6.07) is 8.46. The molecule has 0 radical (unpaired) electrons. The summed E-state index contributed by atoms with van der Waals surface area (Å²) in [4.78, 5) is 23.1. The molecule has 1 atom stereocenters. The number of amides is 1. The highest BCUT2D eigenvalue weighted by Crippen LogP contribution is 2.31. The second kappa shape index (κ2) is 10.1. The fraction of sp³-hybridized carbons (Fsp3) is 0.440. The summed E-state index contributed by atoms with van der Waals surface area (Å²) in [5.41, 5.74) is 8.77. The lowest BCUT2D eigenvalue weighted by atomic mass is 9.99. The highest BCUT2D eigenvalue weighted by molar-refractivity contribution is 5.93. The van der Waals surface area contributed by atoms with Gasteiger partial charge in [0.25, 0.3) is 5.91 Å². The van der Waals surface area contributed by atoms with Crippen molar-refractivity contribution >= 4 is 5.91 Å². The Morgan fingerprint density at radius 3 is 2.82 bits per heavy atom. The van der Waals surface area contributed by atoms with Gasteiger partial charge in [0.2, 0.25) is 0 Å². The molecule has 1 aliphatic heterocycles. The number of nitrogens with two attached hydrogens (primary N) is 1. The maximum atomic E-state index is 11.6. The van der Waals surface area contributed by atoms with Crippen molar-refractivity contribution in [2.24, 2.45) is 5.73 Å². The molecule has 3 heterocycles. The van der Waals surface area contributed by atoms with E-state index in [4.69, 9.17) is 10.5 Å². The van der Waals surface area contributed by atoms with Gasteiger partial charge in [0.1, 0.15) is 11.6 Å². The molecule has 0 saturated carbocycles. The first-order valence-corrected chi connectivity index (χ1v) is 11.5. The SMILES string of the molecule is Cc1nc(C2CCCCN2Cc2ccc(OC(C)C)c(Cn3cccn3)c2)ncc1C(N)=O. The molecule has 1 amide bonds.